The molecule has 5 rings (SSSR count). The van der Waals surface area contributed by atoms with E-state index in [-0.39, 0.29) is 23.9 Å². The van der Waals surface area contributed by atoms with E-state index in [1.807, 2.05) is 6.92 Å². The van der Waals surface area contributed by atoms with E-state index >= 15 is 0 Å². The second-order valence-corrected chi connectivity index (χ2v) is 9.39. The maximum Gasteiger partial charge on any atom is 0.255 e. The average molecular weight is 466 g/mol. The van der Waals surface area contributed by atoms with E-state index in [1.54, 1.807) is 17.9 Å². The molecule has 3 heterocycles. The van der Waals surface area contributed by atoms with Gasteiger partial charge in [0.15, 0.2) is 0 Å². The van der Waals surface area contributed by atoms with Gasteiger partial charge in [0.05, 0.1) is 17.7 Å². The molecule has 8 nitrogen and oxygen atoms in total. The van der Waals surface area contributed by atoms with Crippen LogP contribution in [0.4, 0.5) is 4.39 Å². The molecule has 2 aromatic heterocycles. The maximum atomic E-state index is 14.2. The normalized spacial score (nSPS) is 20.1. The summed E-state index contributed by atoms with van der Waals surface area (Å²) < 4.78 is 20.2. The molecule has 2 aliphatic rings. The van der Waals surface area contributed by atoms with Crippen LogP contribution >= 0.6 is 0 Å². The lowest BCUT2D eigenvalue weighted by molar-refractivity contribution is -0.129. The van der Waals surface area contributed by atoms with Gasteiger partial charge in [-0.25, -0.2) is 14.4 Å². The number of nitrogens with zero attached hydrogens (tertiary/aromatic N) is 3. The van der Waals surface area contributed by atoms with Gasteiger partial charge in [0.1, 0.15) is 29.1 Å². The summed E-state index contributed by atoms with van der Waals surface area (Å²) in [5.74, 6) is 0.437. The van der Waals surface area contributed by atoms with Crippen molar-refractivity contribution in [3.8, 4) is 17.0 Å². The van der Waals surface area contributed by atoms with Crippen LogP contribution < -0.4 is 10.1 Å². The maximum absolute atomic E-state index is 14.2. The number of carbonyl (C=O) groups excluding carboxylic acids is 2. The molecule has 1 saturated carbocycles. The molecule has 0 bridgehead atoms. The lowest BCUT2D eigenvalue weighted by Gasteiger charge is -2.18. The monoisotopic (exact) mass is 465 g/mol. The Labute approximate surface area is 196 Å². The van der Waals surface area contributed by atoms with Crippen molar-refractivity contribution < 1.29 is 18.7 Å². The molecule has 1 aliphatic carbocycles. The predicted molar refractivity (Wildman–Crippen MR) is 125 cm³/mol. The van der Waals surface area contributed by atoms with Crippen molar-refractivity contribution in [2.45, 2.75) is 52.1 Å². The molecule has 2 N–H and O–H groups in total. The zero-order chi connectivity index (χ0) is 24.0. The van der Waals surface area contributed by atoms with Crippen molar-refractivity contribution in [1.29, 1.82) is 0 Å². The molecule has 0 radical (unpaired) electrons. The second kappa shape index (κ2) is 8.70. The number of nitrogens with one attached hydrogen (secondary N) is 2. The van der Waals surface area contributed by atoms with Gasteiger partial charge in [0.2, 0.25) is 5.91 Å². The van der Waals surface area contributed by atoms with Crippen LogP contribution in [0, 0.1) is 18.7 Å². The number of rotatable bonds is 6. The number of hydrogen-bond donors (Lipinski definition) is 2. The Kier molecular flexibility index (Phi) is 5.71. The lowest BCUT2D eigenvalue weighted by Crippen LogP contribution is -2.38. The second-order valence-electron chi connectivity index (χ2n) is 9.39. The minimum atomic E-state index is -0.396. The zero-order valence-corrected chi connectivity index (χ0v) is 19.5. The van der Waals surface area contributed by atoms with Crippen molar-refractivity contribution in [2.24, 2.45) is 5.92 Å². The van der Waals surface area contributed by atoms with Gasteiger partial charge < -0.3 is 19.9 Å². The van der Waals surface area contributed by atoms with Gasteiger partial charge in [-0.3, -0.25) is 9.59 Å². The highest BCUT2D eigenvalue weighted by molar-refractivity contribution is 6.09. The van der Waals surface area contributed by atoms with Gasteiger partial charge >= 0.3 is 0 Å². The highest BCUT2D eigenvalue weighted by Crippen LogP contribution is 2.36. The summed E-state index contributed by atoms with van der Waals surface area (Å²) in [5.41, 5.74) is 3.08. The molecule has 1 aliphatic heterocycles. The molecule has 34 heavy (non-hydrogen) atoms. The minimum Gasteiger partial charge on any atom is -0.493 e. The Morgan fingerprint density at radius 2 is 2.09 bits per heavy atom. The summed E-state index contributed by atoms with van der Waals surface area (Å²) in [7, 11) is 0. The van der Waals surface area contributed by atoms with Crippen LogP contribution in [0.3, 0.4) is 0 Å². The highest BCUT2D eigenvalue weighted by atomic mass is 19.1. The molecule has 1 aromatic carbocycles. The van der Waals surface area contributed by atoms with Gasteiger partial charge in [0.25, 0.3) is 5.91 Å². The summed E-state index contributed by atoms with van der Waals surface area (Å²) in [4.78, 5) is 38.8. The first-order valence-corrected chi connectivity index (χ1v) is 11.7. The molecule has 9 heteroatoms. The number of carbonyl (C=O) groups is 2. The van der Waals surface area contributed by atoms with Crippen LogP contribution in [0.5, 0.6) is 5.75 Å². The van der Waals surface area contributed by atoms with Crippen LogP contribution in [-0.2, 0) is 4.79 Å². The average Bonchev–Trinajstić information content (AvgIpc) is 3.45. The number of hydrogen-bond acceptors (Lipinski definition) is 5. The standard InChI is InChI=1S/C25H28FN5O3/c1-13-8-18(10-31(13)15(3)32)30-25(33)21-14(2)29-24-22(27-12-28-23(21)24)19-9-17(26)6-7-20(19)34-11-16-4-5-16/h6-7,9,12-13,16,18,29H,4-5,8,10-11H2,1-3H3,(H,30,33)/t13-,18+/m0/s1. The van der Waals surface area contributed by atoms with Crippen molar-refractivity contribution in [3.63, 3.8) is 0 Å². The van der Waals surface area contributed by atoms with Crippen molar-refractivity contribution in [2.75, 3.05) is 13.2 Å². The number of likely N-dealkylation sites (tertiary alicyclic amines) is 1. The van der Waals surface area contributed by atoms with Gasteiger partial charge in [-0.1, -0.05) is 0 Å². The van der Waals surface area contributed by atoms with Crippen molar-refractivity contribution in [1.82, 2.24) is 25.2 Å². The Morgan fingerprint density at radius 1 is 1.29 bits per heavy atom. The van der Waals surface area contributed by atoms with E-state index in [0.717, 1.165) is 12.8 Å². The summed E-state index contributed by atoms with van der Waals surface area (Å²) in [6, 6.07) is 4.32. The van der Waals surface area contributed by atoms with Crippen LogP contribution in [0.25, 0.3) is 22.3 Å². The van der Waals surface area contributed by atoms with Crippen LogP contribution in [0.1, 0.15) is 49.2 Å². The number of amides is 2. The molecule has 3 aromatic rings. The van der Waals surface area contributed by atoms with Crippen LogP contribution in [0.15, 0.2) is 24.5 Å². The molecule has 2 amide bonds. The quantitative estimate of drug-likeness (QED) is 0.579. The van der Waals surface area contributed by atoms with E-state index in [4.69, 9.17) is 4.74 Å². The summed E-state index contributed by atoms with van der Waals surface area (Å²) in [5, 5.41) is 3.05. The lowest BCUT2D eigenvalue weighted by atomic mass is 10.1. The summed E-state index contributed by atoms with van der Waals surface area (Å²) >= 11 is 0. The van der Waals surface area contributed by atoms with Crippen LogP contribution in [0.2, 0.25) is 0 Å². The topological polar surface area (TPSA) is 100 Å². The summed E-state index contributed by atoms with van der Waals surface area (Å²) in [6.07, 6.45) is 4.36. The molecule has 1 saturated heterocycles. The van der Waals surface area contributed by atoms with Gasteiger partial charge in [-0.15, -0.1) is 0 Å². The molecule has 0 unspecified atom stereocenters. The number of benzene rings is 1. The molecule has 2 atom stereocenters. The first-order chi connectivity index (χ1) is 16.3. The minimum absolute atomic E-state index is 0.000270. The first-order valence-electron chi connectivity index (χ1n) is 11.7. The Morgan fingerprint density at radius 3 is 2.79 bits per heavy atom. The van der Waals surface area contributed by atoms with E-state index in [2.05, 4.69) is 20.3 Å². The number of aromatic nitrogens is 3. The predicted octanol–water partition coefficient (Wildman–Crippen LogP) is 3.60. The van der Waals surface area contributed by atoms with E-state index < -0.39 is 5.82 Å². The number of fused-ring (bicyclic) bond motifs is 1. The summed E-state index contributed by atoms with van der Waals surface area (Å²) in [6.45, 7) is 6.38. The third-order valence-corrected chi connectivity index (χ3v) is 6.68. The Bertz CT molecular complexity index is 1270. The van der Waals surface area contributed by atoms with Gasteiger partial charge in [-0.2, -0.15) is 0 Å². The number of aryl methyl sites for hydroxylation is 1. The molecule has 178 valence electrons. The highest BCUT2D eigenvalue weighted by Gasteiger charge is 2.33. The third kappa shape index (κ3) is 4.22. The Balaban J connectivity index is 1.47. The molecule has 0 spiro atoms. The molecular formula is C25H28FN5O3. The number of H-pyrrole nitrogens is 1. The van der Waals surface area contributed by atoms with Gasteiger partial charge in [-0.05, 0) is 57.2 Å². The van der Waals surface area contributed by atoms with Crippen molar-refractivity contribution in [3.05, 3.63) is 41.6 Å². The van der Waals surface area contributed by atoms with Crippen molar-refractivity contribution >= 4 is 22.8 Å². The van der Waals surface area contributed by atoms with E-state index in [0.29, 0.717) is 64.8 Å². The zero-order valence-electron chi connectivity index (χ0n) is 19.5. The first kappa shape index (κ1) is 22.3. The van der Waals surface area contributed by atoms with E-state index in [9.17, 15) is 14.0 Å². The smallest absolute Gasteiger partial charge is 0.255 e. The molecular weight excluding hydrogens is 437 g/mol. The third-order valence-electron chi connectivity index (χ3n) is 6.68. The Hall–Kier alpha value is -3.49. The molecule has 2 fully saturated rings. The largest absolute Gasteiger partial charge is 0.493 e. The van der Waals surface area contributed by atoms with Crippen LogP contribution in [-0.4, -0.2) is 56.9 Å². The number of ether oxygens (including phenoxy) is 1. The van der Waals surface area contributed by atoms with E-state index in [1.165, 1.54) is 25.4 Å². The SMILES string of the molecule is CC(=O)N1C[C@H](NC(=O)c2c(C)[nH]c3c(-c4cc(F)ccc4OCC4CC4)ncnc23)C[C@@H]1C. The fourth-order valence-corrected chi connectivity index (χ4v) is 4.74. The van der Waals surface area contributed by atoms with Gasteiger partial charge in [0, 0.05) is 36.8 Å². The number of aromatic amines is 1. The fraction of sp³-hybridized carbons (Fsp3) is 0.440. The number of halogens is 1. The fourth-order valence-electron chi connectivity index (χ4n) is 4.74.